The highest BCUT2D eigenvalue weighted by atomic mass is 16.4. The molecule has 0 bridgehead atoms. The van der Waals surface area contributed by atoms with E-state index in [1.165, 1.54) is 6.92 Å². The minimum atomic E-state index is -1.23. The van der Waals surface area contributed by atoms with Crippen molar-refractivity contribution in [1.82, 2.24) is 0 Å². The Labute approximate surface area is 272 Å². The molecular weight excluding hydrogens is 574 g/mol. The normalized spacial score (nSPS) is 29.6. The lowest BCUT2D eigenvalue weighted by Gasteiger charge is -1.89. The highest BCUT2D eigenvalue weighted by Gasteiger charge is 2.01. The molecule has 0 fully saturated rings. The highest BCUT2D eigenvalue weighted by molar-refractivity contribution is 5.74. The molecule has 0 saturated heterocycles. The number of aliphatic hydroxyl groups is 1. The molecule has 0 aromatic heterocycles. The summed E-state index contributed by atoms with van der Waals surface area (Å²) in [6.45, 7) is 1.20. The van der Waals surface area contributed by atoms with Crippen molar-refractivity contribution in [3.8, 4) is 0 Å². The van der Waals surface area contributed by atoms with Gasteiger partial charge in [0.2, 0.25) is 0 Å². The third-order valence-corrected chi connectivity index (χ3v) is 4.30. The van der Waals surface area contributed by atoms with Crippen LogP contribution < -0.4 is 0 Å². The Morgan fingerprint density at radius 3 is 0.696 bits per heavy atom. The van der Waals surface area contributed by atoms with Gasteiger partial charge in [0.1, 0.15) is 6.10 Å². The molecule has 5 rings (SSSR count). The molecule has 0 aliphatic carbocycles. The molecule has 46 heavy (non-hydrogen) atoms. The maximum absolute atomic E-state index is 9.45. The van der Waals surface area contributed by atoms with Crippen LogP contribution in [0.2, 0.25) is 0 Å². The number of aliphatic hydroxyl groups excluding tert-OH is 1. The van der Waals surface area contributed by atoms with Crippen molar-refractivity contribution in [3.63, 3.8) is 0 Å². The first-order chi connectivity index (χ1) is 22.6. The minimum absolute atomic E-state index is 1.19. The fraction of sp³-hybridized carbons (Fsp3) is 0.0526. The number of allylic oxidation sites excluding steroid dienone is 25. The molecule has 8 heteroatoms. The maximum atomic E-state index is 9.45. The van der Waals surface area contributed by atoms with Crippen LogP contribution in [0.15, 0.2) is 208 Å². The third kappa shape index (κ3) is 35.9. The van der Waals surface area contributed by atoms with Gasteiger partial charge in [-0.15, -0.1) is 0 Å². The Hall–Kier alpha value is -6.12. The lowest BCUT2D eigenvalue weighted by atomic mass is 10.4. The summed E-state index contributed by atoms with van der Waals surface area (Å²) in [5, 5.41) is 15.8. The van der Waals surface area contributed by atoms with E-state index in [-0.39, 0.29) is 0 Å². The molecule has 1 unspecified atom stereocenters. The largest absolute Gasteiger partial charge is 0.479 e. The second-order valence-electron chi connectivity index (χ2n) is 8.06. The van der Waals surface area contributed by atoms with E-state index in [1.54, 1.807) is 62.1 Å². The first kappa shape index (κ1) is 39.9. The number of hydrogen-bond acceptors (Lipinski definition) is 7. The van der Waals surface area contributed by atoms with Crippen LogP contribution in [0.25, 0.3) is 0 Å². The van der Waals surface area contributed by atoms with E-state index in [9.17, 15) is 4.79 Å². The molecule has 5 heterocycles. The van der Waals surface area contributed by atoms with Gasteiger partial charge in [0.25, 0.3) is 0 Å². The van der Waals surface area contributed by atoms with Crippen LogP contribution in [0.5, 0.6) is 0 Å². The number of carbonyl (C=O) groups is 1. The topological polar surface area (TPSA) is 119 Å². The van der Waals surface area contributed by atoms with Crippen LogP contribution in [-0.4, -0.2) is 53.4 Å². The van der Waals surface area contributed by atoms with E-state index in [1.807, 2.05) is 152 Å². The predicted molar refractivity (Wildman–Crippen MR) is 199 cm³/mol. The van der Waals surface area contributed by atoms with E-state index in [0.717, 1.165) is 0 Å². The zero-order chi connectivity index (χ0) is 33.4. The van der Waals surface area contributed by atoms with Gasteiger partial charge in [-0.05, 0) is 67.7 Å². The molecule has 0 radical (unpaired) electrons. The number of nitrogens with zero attached hydrogens (tertiary/aromatic N) is 5. The zero-order valence-electron chi connectivity index (χ0n) is 25.8. The predicted octanol–water partition coefficient (Wildman–Crippen LogP) is 7.94. The summed E-state index contributed by atoms with van der Waals surface area (Å²) in [5.74, 6) is -1.19. The second-order valence-corrected chi connectivity index (χ2v) is 8.06. The number of aliphatic imine (C=N–C) groups is 5. The first-order valence-electron chi connectivity index (χ1n) is 14.1. The van der Waals surface area contributed by atoms with E-state index >= 15 is 0 Å². The molecule has 0 aromatic rings. The van der Waals surface area contributed by atoms with Crippen molar-refractivity contribution in [2.75, 3.05) is 0 Å². The monoisotopic (exact) mass is 615 g/mol. The Morgan fingerprint density at radius 1 is 0.370 bits per heavy atom. The second kappa shape index (κ2) is 35.1. The number of carboxylic acid groups (broad SMARTS) is 1. The molecule has 8 nitrogen and oxygen atoms in total. The van der Waals surface area contributed by atoms with Crippen molar-refractivity contribution < 1.29 is 15.0 Å². The summed E-state index contributed by atoms with van der Waals surface area (Å²) in [4.78, 5) is 28.9. The fourth-order valence-corrected chi connectivity index (χ4v) is 2.20. The Kier molecular flexibility index (Phi) is 30.4. The van der Waals surface area contributed by atoms with Gasteiger partial charge in [0.05, 0.1) is 0 Å². The Morgan fingerprint density at radius 2 is 0.522 bits per heavy atom. The van der Waals surface area contributed by atoms with E-state index in [0.29, 0.717) is 0 Å². The summed E-state index contributed by atoms with van der Waals surface area (Å²) < 4.78 is 0. The van der Waals surface area contributed by atoms with Gasteiger partial charge in [-0.25, -0.2) is 4.79 Å². The molecule has 236 valence electrons. The molecule has 5 aliphatic heterocycles. The van der Waals surface area contributed by atoms with Gasteiger partial charge >= 0.3 is 5.97 Å². The van der Waals surface area contributed by atoms with Gasteiger partial charge in [0.15, 0.2) is 0 Å². The van der Waals surface area contributed by atoms with Crippen molar-refractivity contribution in [2.45, 2.75) is 13.0 Å². The quantitative estimate of drug-likeness (QED) is 0.312. The van der Waals surface area contributed by atoms with Gasteiger partial charge in [-0.1, -0.05) is 91.1 Å². The molecule has 0 saturated carbocycles. The van der Waals surface area contributed by atoms with Gasteiger partial charge in [-0.2, -0.15) is 0 Å². The lowest BCUT2D eigenvalue weighted by molar-refractivity contribution is -0.145. The Bertz CT molecular complexity index is 916. The summed E-state index contributed by atoms with van der Waals surface area (Å²) in [5.41, 5.74) is 0. The molecule has 0 amide bonds. The van der Waals surface area contributed by atoms with E-state index in [2.05, 4.69) is 25.0 Å². The summed E-state index contributed by atoms with van der Waals surface area (Å²) in [6.07, 6.45) is 64.3. The van der Waals surface area contributed by atoms with Crippen LogP contribution in [0.1, 0.15) is 6.92 Å². The molecule has 2 N–H and O–H groups in total. The van der Waals surface area contributed by atoms with Crippen molar-refractivity contribution in [3.05, 3.63) is 183 Å². The lowest BCUT2D eigenvalue weighted by Crippen LogP contribution is -2.13. The molecular formula is C38H41N5O3. The van der Waals surface area contributed by atoms with Gasteiger partial charge in [0, 0.05) is 62.1 Å². The number of rotatable bonds is 1. The van der Waals surface area contributed by atoms with E-state index < -0.39 is 12.1 Å². The minimum Gasteiger partial charge on any atom is -0.479 e. The maximum Gasteiger partial charge on any atom is 0.332 e. The van der Waals surface area contributed by atoms with E-state index in [4.69, 9.17) is 10.2 Å². The van der Waals surface area contributed by atoms with Crippen LogP contribution >= 0.6 is 0 Å². The van der Waals surface area contributed by atoms with Gasteiger partial charge < -0.3 is 10.2 Å². The van der Waals surface area contributed by atoms with Crippen LogP contribution in [0, 0.1) is 0 Å². The fourth-order valence-electron chi connectivity index (χ4n) is 2.20. The average Bonchev–Trinajstić information content (AvgIpc) is 2.93. The number of aliphatic carboxylic acids is 1. The summed E-state index contributed by atoms with van der Waals surface area (Å²) in [7, 11) is 0. The molecule has 1 atom stereocenters. The highest BCUT2D eigenvalue weighted by Crippen LogP contribution is 1.86. The van der Waals surface area contributed by atoms with Gasteiger partial charge in [-0.3, -0.25) is 25.0 Å². The summed E-state index contributed by atoms with van der Waals surface area (Å²) >= 11 is 0. The van der Waals surface area contributed by atoms with Crippen LogP contribution in [0.4, 0.5) is 0 Å². The zero-order valence-corrected chi connectivity index (χ0v) is 25.8. The molecule has 5 aliphatic rings. The van der Waals surface area contributed by atoms with Crippen molar-refractivity contribution in [2.24, 2.45) is 25.0 Å². The Balaban J connectivity index is 0.000000530. The number of carboxylic acids is 1. The molecule has 0 spiro atoms. The van der Waals surface area contributed by atoms with Crippen molar-refractivity contribution >= 4 is 37.0 Å². The third-order valence-electron chi connectivity index (χ3n) is 4.30. The smallest absolute Gasteiger partial charge is 0.332 e. The van der Waals surface area contributed by atoms with Crippen LogP contribution in [0.3, 0.4) is 0 Å². The first-order valence-corrected chi connectivity index (χ1v) is 14.1. The van der Waals surface area contributed by atoms with Crippen molar-refractivity contribution in [1.29, 1.82) is 0 Å². The van der Waals surface area contributed by atoms with Crippen LogP contribution in [-0.2, 0) is 4.79 Å². The standard InChI is InChI=1S/5C7H7N.C3H6O3/c5*1-2-4-6-8-7-5-3-1;1-2(4)3(5)6/h5*1-7H;2,4H,1H3,(H,5,6)/b5*2-1-,3-1?,4-2?,5-3-,6-4-,7-5?,8-6?,8-7-;. The number of hydrogen-bond donors (Lipinski definition) is 2. The average molecular weight is 616 g/mol. The summed E-state index contributed by atoms with van der Waals surface area (Å²) in [6, 6.07) is 0. The SMILES string of the molecule is C1=C\C=C/N=C\C=C/1.C1=C\C=C/N=C\C=C/1.C1=C\C=C/N=C\C=C/1.C1=C\C=C/N=C\C=C/1.C1=C\C=C/N=C\C=C/1.CC(O)C(=O)O. The molecule has 0 aromatic carbocycles.